The summed E-state index contributed by atoms with van der Waals surface area (Å²) in [5, 5.41) is 13.4. The average molecular weight is 352 g/mol. The molecular formula is C21H16N6. The van der Waals surface area contributed by atoms with Crippen molar-refractivity contribution in [2.24, 2.45) is 0 Å². The van der Waals surface area contributed by atoms with E-state index in [0.717, 1.165) is 44.6 Å². The first-order valence-corrected chi connectivity index (χ1v) is 8.65. The molecule has 0 radical (unpaired) electrons. The van der Waals surface area contributed by atoms with Gasteiger partial charge in [-0.2, -0.15) is 5.10 Å². The molecule has 3 heterocycles. The number of pyridine rings is 2. The Morgan fingerprint density at radius 3 is 2.78 bits per heavy atom. The van der Waals surface area contributed by atoms with Crippen molar-refractivity contribution in [3.63, 3.8) is 0 Å². The second kappa shape index (κ2) is 6.17. The lowest BCUT2D eigenvalue weighted by Gasteiger charge is -2.12. The van der Waals surface area contributed by atoms with E-state index in [1.807, 2.05) is 36.5 Å². The Labute approximate surface area is 155 Å². The van der Waals surface area contributed by atoms with Gasteiger partial charge in [-0.05, 0) is 36.8 Å². The highest BCUT2D eigenvalue weighted by Crippen LogP contribution is 2.32. The summed E-state index contributed by atoms with van der Waals surface area (Å²) in [5.74, 6) is 1.53. The third kappa shape index (κ3) is 2.77. The molecule has 5 rings (SSSR count). The standard InChI is InChI=1S/C21H16N6/c1-13-3-2-4-15(9-13)25-21-17-7-8-22-11-18(17)16-6-5-14(10-19(16)26-21)20-23-12-24-27-20/h2-12H,1H3,(H,25,26)(H,23,24,27). The zero-order chi connectivity index (χ0) is 18.2. The molecule has 0 aliphatic heterocycles. The zero-order valence-corrected chi connectivity index (χ0v) is 14.6. The van der Waals surface area contributed by atoms with Gasteiger partial charge in [-0.3, -0.25) is 10.1 Å². The van der Waals surface area contributed by atoms with E-state index in [4.69, 9.17) is 4.98 Å². The highest BCUT2D eigenvalue weighted by molar-refractivity contribution is 6.10. The molecule has 130 valence electrons. The number of H-pyrrole nitrogens is 1. The topological polar surface area (TPSA) is 79.4 Å². The molecule has 3 aromatic heterocycles. The first-order valence-electron chi connectivity index (χ1n) is 8.65. The monoisotopic (exact) mass is 352 g/mol. The fourth-order valence-corrected chi connectivity index (χ4v) is 3.29. The molecule has 0 spiro atoms. The third-order valence-corrected chi connectivity index (χ3v) is 4.57. The van der Waals surface area contributed by atoms with E-state index in [2.05, 4.69) is 50.6 Å². The maximum atomic E-state index is 4.90. The number of nitrogens with one attached hydrogen (secondary N) is 2. The molecule has 0 bridgehead atoms. The van der Waals surface area contributed by atoms with Crippen LogP contribution in [0.5, 0.6) is 0 Å². The lowest BCUT2D eigenvalue weighted by Crippen LogP contribution is -1.97. The maximum absolute atomic E-state index is 4.90. The largest absolute Gasteiger partial charge is 0.340 e. The van der Waals surface area contributed by atoms with Crippen LogP contribution in [0.25, 0.3) is 33.1 Å². The van der Waals surface area contributed by atoms with Crippen molar-refractivity contribution >= 4 is 33.2 Å². The van der Waals surface area contributed by atoms with Gasteiger partial charge in [0.1, 0.15) is 12.1 Å². The first kappa shape index (κ1) is 15.5. The van der Waals surface area contributed by atoms with Gasteiger partial charge in [0.25, 0.3) is 0 Å². The molecule has 6 nitrogen and oxygen atoms in total. The molecule has 0 unspecified atom stereocenters. The van der Waals surface area contributed by atoms with E-state index in [1.165, 1.54) is 11.9 Å². The van der Waals surface area contributed by atoms with E-state index < -0.39 is 0 Å². The molecule has 0 aliphatic carbocycles. The SMILES string of the molecule is Cc1cccc(Nc2nc3cc(-c4ncn[nH]4)ccc3c3cnccc23)c1. The molecule has 27 heavy (non-hydrogen) atoms. The predicted molar refractivity (Wildman–Crippen MR) is 107 cm³/mol. The van der Waals surface area contributed by atoms with Gasteiger partial charge in [0.2, 0.25) is 0 Å². The Balaban J connectivity index is 1.72. The Bertz CT molecular complexity index is 1260. The minimum atomic E-state index is 0.721. The summed E-state index contributed by atoms with van der Waals surface area (Å²) < 4.78 is 0. The second-order valence-electron chi connectivity index (χ2n) is 6.44. The third-order valence-electron chi connectivity index (χ3n) is 4.57. The lowest BCUT2D eigenvalue weighted by molar-refractivity contribution is 1.10. The van der Waals surface area contributed by atoms with Crippen LogP contribution in [0.1, 0.15) is 5.56 Å². The van der Waals surface area contributed by atoms with Crippen LogP contribution in [-0.4, -0.2) is 25.1 Å². The van der Waals surface area contributed by atoms with Crippen molar-refractivity contribution in [2.45, 2.75) is 6.92 Å². The second-order valence-corrected chi connectivity index (χ2v) is 6.44. The normalized spacial score (nSPS) is 11.1. The number of aryl methyl sites for hydroxylation is 1. The molecule has 0 fully saturated rings. The molecular weight excluding hydrogens is 336 g/mol. The van der Waals surface area contributed by atoms with Crippen molar-refractivity contribution < 1.29 is 0 Å². The van der Waals surface area contributed by atoms with Crippen molar-refractivity contribution in [3.05, 3.63) is 72.8 Å². The van der Waals surface area contributed by atoms with Crippen LogP contribution in [0.2, 0.25) is 0 Å². The number of nitrogens with zero attached hydrogens (tertiary/aromatic N) is 4. The summed E-state index contributed by atoms with van der Waals surface area (Å²) in [6, 6.07) is 16.3. The summed E-state index contributed by atoms with van der Waals surface area (Å²) in [6.45, 7) is 2.07. The van der Waals surface area contributed by atoms with Gasteiger partial charge in [-0.15, -0.1) is 0 Å². The van der Waals surface area contributed by atoms with E-state index in [9.17, 15) is 0 Å². The molecule has 0 saturated heterocycles. The molecule has 5 aromatic rings. The first-order chi connectivity index (χ1) is 13.3. The van der Waals surface area contributed by atoms with Crippen LogP contribution >= 0.6 is 0 Å². The molecule has 2 N–H and O–H groups in total. The summed E-state index contributed by atoms with van der Waals surface area (Å²) in [4.78, 5) is 13.4. The minimum absolute atomic E-state index is 0.721. The Morgan fingerprint density at radius 1 is 0.963 bits per heavy atom. The zero-order valence-electron chi connectivity index (χ0n) is 14.6. The summed E-state index contributed by atoms with van der Waals surface area (Å²) >= 11 is 0. The number of rotatable bonds is 3. The van der Waals surface area contributed by atoms with Gasteiger partial charge in [-0.1, -0.05) is 24.3 Å². The van der Waals surface area contributed by atoms with Gasteiger partial charge >= 0.3 is 0 Å². The van der Waals surface area contributed by atoms with E-state index in [-0.39, 0.29) is 0 Å². The summed E-state index contributed by atoms with van der Waals surface area (Å²) in [6.07, 6.45) is 5.18. The van der Waals surface area contributed by atoms with E-state index in [0.29, 0.717) is 0 Å². The molecule has 0 amide bonds. The number of fused-ring (bicyclic) bond motifs is 3. The van der Waals surface area contributed by atoms with Gasteiger partial charge in [0.05, 0.1) is 5.52 Å². The Hall–Kier alpha value is -3.80. The number of aromatic amines is 1. The Kier molecular flexibility index (Phi) is 3.53. The fourth-order valence-electron chi connectivity index (χ4n) is 3.29. The molecule has 0 atom stereocenters. The van der Waals surface area contributed by atoms with E-state index in [1.54, 1.807) is 6.20 Å². The van der Waals surface area contributed by atoms with Crippen LogP contribution in [0, 0.1) is 6.92 Å². The van der Waals surface area contributed by atoms with Crippen molar-refractivity contribution in [2.75, 3.05) is 5.32 Å². The molecule has 0 saturated carbocycles. The van der Waals surface area contributed by atoms with Gasteiger partial charge in [0, 0.05) is 39.8 Å². The minimum Gasteiger partial charge on any atom is -0.340 e. The number of hydrogen-bond donors (Lipinski definition) is 2. The Morgan fingerprint density at radius 2 is 1.93 bits per heavy atom. The molecule has 0 aliphatic rings. The van der Waals surface area contributed by atoms with Crippen LogP contribution < -0.4 is 5.32 Å². The van der Waals surface area contributed by atoms with Crippen molar-refractivity contribution in [1.29, 1.82) is 0 Å². The number of aromatic nitrogens is 5. The number of benzene rings is 2. The van der Waals surface area contributed by atoms with Gasteiger partial charge in [0.15, 0.2) is 5.82 Å². The summed E-state index contributed by atoms with van der Waals surface area (Å²) in [5.41, 5.74) is 4.02. The smallest absolute Gasteiger partial charge is 0.155 e. The van der Waals surface area contributed by atoms with Crippen LogP contribution in [0.15, 0.2) is 67.3 Å². The van der Waals surface area contributed by atoms with Crippen LogP contribution in [-0.2, 0) is 0 Å². The average Bonchev–Trinajstić information content (AvgIpc) is 3.23. The number of anilines is 2. The van der Waals surface area contributed by atoms with Gasteiger partial charge in [-0.25, -0.2) is 9.97 Å². The maximum Gasteiger partial charge on any atom is 0.155 e. The van der Waals surface area contributed by atoms with E-state index >= 15 is 0 Å². The quantitative estimate of drug-likeness (QED) is 0.463. The van der Waals surface area contributed by atoms with Crippen molar-refractivity contribution in [3.8, 4) is 11.4 Å². The molecule has 2 aromatic carbocycles. The number of hydrogen-bond acceptors (Lipinski definition) is 5. The highest BCUT2D eigenvalue weighted by Gasteiger charge is 2.11. The lowest BCUT2D eigenvalue weighted by atomic mass is 10.1. The summed E-state index contributed by atoms with van der Waals surface area (Å²) in [7, 11) is 0. The van der Waals surface area contributed by atoms with Gasteiger partial charge < -0.3 is 5.32 Å². The highest BCUT2D eigenvalue weighted by atomic mass is 15.2. The van der Waals surface area contributed by atoms with Crippen LogP contribution in [0.4, 0.5) is 11.5 Å². The van der Waals surface area contributed by atoms with Crippen LogP contribution in [0.3, 0.4) is 0 Å². The van der Waals surface area contributed by atoms with Crippen molar-refractivity contribution in [1.82, 2.24) is 25.1 Å². The fraction of sp³-hybridized carbons (Fsp3) is 0.0476. The predicted octanol–water partition coefficient (Wildman–Crippen LogP) is 4.62. The molecule has 6 heteroatoms.